The number of nitrogens with one attached hydrogen (secondary N) is 1. The number of H-pyrrole nitrogens is 1. The van der Waals surface area contributed by atoms with Gasteiger partial charge in [0.15, 0.2) is 10.8 Å². The topological polar surface area (TPSA) is 104 Å². The highest BCUT2D eigenvalue weighted by molar-refractivity contribution is 7.80. The first kappa shape index (κ1) is 18.5. The summed E-state index contributed by atoms with van der Waals surface area (Å²) in [5.41, 5.74) is 6.00. The molecule has 0 spiro atoms. The second-order valence-electron chi connectivity index (χ2n) is 5.34. The van der Waals surface area contributed by atoms with E-state index in [1.165, 1.54) is 0 Å². The number of thiocarbonyl (C=S) groups is 1. The van der Waals surface area contributed by atoms with Crippen LogP contribution in [-0.4, -0.2) is 25.9 Å². The summed E-state index contributed by atoms with van der Waals surface area (Å²) in [6.45, 7) is 0. The highest BCUT2D eigenvalue weighted by atomic mass is 35.5. The lowest BCUT2D eigenvalue weighted by Crippen LogP contribution is -2.27. The van der Waals surface area contributed by atoms with Crippen molar-refractivity contribution in [1.82, 2.24) is 9.97 Å². The number of aromatic nitrogens is 2. The van der Waals surface area contributed by atoms with E-state index in [4.69, 9.17) is 41.2 Å². The molecule has 1 atom stereocenters. The van der Waals surface area contributed by atoms with Gasteiger partial charge in [0.2, 0.25) is 0 Å². The van der Waals surface area contributed by atoms with Crippen molar-refractivity contribution in [2.24, 2.45) is 10.7 Å². The van der Waals surface area contributed by atoms with Crippen LogP contribution in [0.4, 0.5) is 0 Å². The maximum absolute atomic E-state index is 12.5. The molecule has 0 amide bonds. The quantitative estimate of drug-likeness (QED) is 0.458. The molecular weight excluding hydrogens is 395 g/mol. The Morgan fingerprint density at radius 2 is 2.00 bits per heavy atom. The largest absolute Gasteiger partial charge is 0.382 e. The van der Waals surface area contributed by atoms with E-state index in [9.17, 15) is 9.90 Å². The van der Waals surface area contributed by atoms with Crippen molar-refractivity contribution in [2.75, 3.05) is 0 Å². The summed E-state index contributed by atoms with van der Waals surface area (Å²) >= 11 is 16.9. The maximum Gasteiger partial charge on any atom is 0.276 e. The van der Waals surface area contributed by atoms with E-state index in [-0.39, 0.29) is 16.5 Å². The van der Waals surface area contributed by atoms with Crippen molar-refractivity contribution < 1.29 is 5.11 Å². The van der Waals surface area contributed by atoms with Crippen LogP contribution in [0.5, 0.6) is 0 Å². The number of nitrogens with two attached hydrogens (primary N) is 1. The Morgan fingerprint density at radius 3 is 2.69 bits per heavy atom. The lowest BCUT2D eigenvalue weighted by atomic mass is 10.0. The van der Waals surface area contributed by atoms with E-state index in [1.807, 2.05) is 0 Å². The summed E-state index contributed by atoms with van der Waals surface area (Å²) in [6, 6.07) is 11.5. The predicted octanol–water partition coefficient (Wildman–Crippen LogP) is 3.00. The molecule has 0 aliphatic carbocycles. The van der Waals surface area contributed by atoms with E-state index in [0.717, 1.165) is 0 Å². The highest BCUT2D eigenvalue weighted by Gasteiger charge is 2.24. The van der Waals surface area contributed by atoms with E-state index in [0.29, 0.717) is 26.6 Å². The molecule has 26 heavy (non-hydrogen) atoms. The number of aliphatic hydroxyl groups is 1. The first-order valence-electron chi connectivity index (χ1n) is 7.37. The third-order valence-corrected chi connectivity index (χ3v) is 4.26. The summed E-state index contributed by atoms with van der Waals surface area (Å²) in [4.78, 5) is 23.4. The zero-order valence-electron chi connectivity index (χ0n) is 13.1. The molecule has 1 heterocycles. The fourth-order valence-electron chi connectivity index (χ4n) is 2.44. The van der Waals surface area contributed by atoms with Gasteiger partial charge in [0.25, 0.3) is 5.56 Å². The van der Waals surface area contributed by atoms with Gasteiger partial charge in [0, 0.05) is 15.6 Å². The molecule has 0 fully saturated rings. The number of rotatable bonds is 3. The van der Waals surface area contributed by atoms with Crippen molar-refractivity contribution >= 4 is 57.3 Å². The van der Waals surface area contributed by atoms with Crippen LogP contribution in [0, 0.1) is 0 Å². The summed E-state index contributed by atoms with van der Waals surface area (Å²) in [6.07, 6.45) is -1.34. The Morgan fingerprint density at radius 1 is 1.27 bits per heavy atom. The number of aliphatic hydroxyl groups excluding tert-OH is 1. The van der Waals surface area contributed by atoms with Crippen LogP contribution in [0.25, 0.3) is 11.0 Å². The summed E-state index contributed by atoms with van der Waals surface area (Å²) in [5, 5.41) is 11.3. The van der Waals surface area contributed by atoms with Crippen molar-refractivity contribution in [3.8, 4) is 0 Å². The van der Waals surface area contributed by atoms with Crippen LogP contribution >= 0.6 is 35.4 Å². The number of halogens is 2. The molecule has 4 N–H and O–H groups in total. The van der Waals surface area contributed by atoms with E-state index in [1.54, 1.807) is 42.5 Å². The smallest absolute Gasteiger partial charge is 0.276 e. The van der Waals surface area contributed by atoms with Crippen LogP contribution in [0.3, 0.4) is 0 Å². The highest BCUT2D eigenvalue weighted by Crippen LogP contribution is 2.25. The van der Waals surface area contributed by atoms with Crippen molar-refractivity contribution in [1.29, 1.82) is 0 Å². The van der Waals surface area contributed by atoms with Crippen LogP contribution in [0.1, 0.15) is 17.4 Å². The normalized spacial score (nSPS) is 13.0. The molecule has 1 unspecified atom stereocenters. The van der Waals surface area contributed by atoms with Gasteiger partial charge in [-0.3, -0.25) is 4.79 Å². The van der Waals surface area contributed by atoms with Gasteiger partial charge in [-0.15, -0.1) is 0 Å². The Hall–Kier alpha value is -2.32. The molecule has 0 aliphatic heterocycles. The average molecular weight is 407 g/mol. The number of nitrogens with zero attached hydrogens (tertiary/aromatic N) is 2. The SMILES string of the molecule is NC(=S)/N=C(/c1nc2ccc(Cl)cc2[nH]c1=O)C(O)c1ccccc1Cl. The number of hydrogen-bond acceptors (Lipinski definition) is 4. The predicted molar refractivity (Wildman–Crippen MR) is 107 cm³/mol. The van der Waals surface area contributed by atoms with Crippen LogP contribution in [0.2, 0.25) is 10.0 Å². The lowest BCUT2D eigenvalue weighted by Gasteiger charge is -2.15. The van der Waals surface area contributed by atoms with Gasteiger partial charge in [-0.25, -0.2) is 9.98 Å². The second kappa shape index (κ2) is 7.51. The molecule has 6 nitrogen and oxygen atoms in total. The summed E-state index contributed by atoms with van der Waals surface area (Å²) in [7, 11) is 0. The third kappa shape index (κ3) is 3.76. The van der Waals surface area contributed by atoms with Gasteiger partial charge >= 0.3 is 0 Å². The Balaban J connectivity index is 2.21. The molecule has 1 aromatic heterocycles. The molecule has 0 radical (unpaired) electrons. The van der Waals surface area contributed by atoms with E-state index < -0.39 is 11.7 Å². The molecule has 9 heteroatoms. The molecule has 0 aliphatic rings. The van der Waals surface area contributed by atoms with Crippen molar-refractivity contribution in [3.63, 3.8) is 0 Å². The van der Waals surface area contributed by atoms with Crippen LogP contribution in [0.15, 0.2) is 52.3 Å². The van der Waals surface area contributed by atoms with E-state index in [2.05, 4.69) is 15.0 Å². The monoisotopic (exact) mass is 406 g/mol. The maximum atomic E-state index is 12.5. The Bertz CT molecular complexity index is 1100. The molecular formula is C17H12Cl2N4O2S. The fourth-order valence-corrected chi connectivity index (χ4v) is 2.95. The van der Waals surface area contributed by atoms with E-state index >= 15 is 0 Å². The third-order valence-electron chi connectivity index (χ3n) is 3.59. The molecule has 2 aromatic carbocycles. The number of aliphatic imine (C=N–C) groups is 1. The molecule has 0 bridgehead atoms. The van der Waals surface area contributed by atoms with Crippen molar-refractivity contribution in [2.45, 2.75) is 6.10 Å². The van der Waals surface area contributed by atoms with Gasteiger partial charge in [-0.2, -0.15) is 0 Å². The molecule has 3 rings (SSSR count). The minimum absolute atomic E-state index is 0.0938. The van der Waals surface area contributed by atoms with Gasteiger partial charge in [-0.05, 0) is 36.5 Å². The van der Waals surface area contributed by atoms with Crippen molar-refractivity contribution in [3.05, 3.63) is 74.1 Å². The molecule has 3 aromatic rings. The zero-order valence-corrected chi connectivity index (χ0v) is 15.4. The first-order chi connectivity index (χ1) is 12.4. The zero-order chi connectivity index (χ0) is 18.8. The molecule has 132 valence electrons. The second-order valence-corrected chi connectivity index (χ2v) is 6.60. The first-order valence-corrected chi connectivity index (χ1v) is 8.53. The molecule has 0 saturated carbocycles. The summed E-state index contributed by atoms with van der Waals surface area (Å²) < 4.78 is 0. The minimum atomic E-state index is -1.34. The van der Waals surface area contributed by atoms with Gasteiger partial charge in [0.1, 0.15) is 11.8 Å². The van der Waals surface area contributed by atoms with Crippen LogP contribution < -0.4 is 11.3 Å². The lowest BCUT2D eigenvalue weighted by molar-refractivity contribution is 0.248. The van der Waals surface area contributed by atoms with Gasteiger partial charge < -0.3 is 15.8 Å². The molecule has 0 saturated heterocycles. The average Bonchev–Trinajstić information content (AvgIpc) is 2.59. The number of hydrogen-bond donors (Lipinski definition) is 3. The Labute approximate surface area is 163 Å². The number of benzene rings is 2. The minimum Gasteiger partial charge on any atom is -0.382 e. The van der Waals surface area contributed by atoms with Gasteiger partial charge in [0.05, 0.1) is 11.0 Å². The fraction of sp³-hybridized carbons (Fsp3) is 0.0588. The Kier molecular flexibility index (Phi) is 5.33. The van der Waals surface area contributed by atoms with Gasteiger partial charge in [-0.1, -0.05) is 41.4 Å². The number of fused-ring (bicyclic) bond motifs is 1. The van der Waals surface area contributed by atoms with Crippen LogP contribution in [-0.2, 0) is 0 Å². The number of aromatic amines is 1. The standard InChI is InChI=1S/C17H12Cl2N4O2S/c18-8-5-6-11-12(7-8)22-16(25)14(21-11)13(23-17(20)26)15(24)9-3-1-2-4-10(9)19/h1-7,15,24H,(H2,20,26)(H,22,25)/b23-13-. The summed E-state index contributed by atoms with van der Waals surface area (Å²) in [5.74, 6) is 0.